The van der Waals surface area contributed by atoms with Gasteiger partial charge in [-0.15, -0.1) is 0 Å². The minimum Gasteiger partial charge on any atom is -0.356 e. The summed E-state index contributed by atoms with van der Waals surface area (Å²) >= 11 is 0. The molecule has 0 aromatic heterocycles. The Bertz CT molecular complexity index is 447. The Morgan fingerprint density at radius 2 is 1.89 bits per heavy atom. The molecule has 0 aliphatic rings. The smallest absolute Gasteiger partial charge is 0.220 e. The van der Waals surface area contributed by atoms with Gasteiger partial charge in [0.25, 0.3) is 0 Å². The molecule has 1 amide bonds. The maximum atomic E-state index is 12.9. The predicted octanol–water partition coefficient (Wildman–Crippen LogP) is 2.45. The third-order valence-corrected chi connectivity index (χ3v) is 2.39. The average molecular weight is 255 g/mol. The van der Waals surface area contributed by atoms with Crippen LogP contribution in [0.15, 0.2) is 18.2 Å². The van der Waals surface area contributed by atoms with Crippen molar-refractivity contribution in [1.82, 2.24) is 5.32 Å². The highest BCUT2D eigenvalue weighted by Crippen LogP contribution is 2.11. The number of hydrogen-bond donors (Lipinski definition) is 1. The van der Waals surface area contributed by atoms with Gasteiger partial charge in [-0.25, -0.2) is 8.78 Å². The molecular formula is C13H15F2NO2. The van der Waals surface area contributed by atoms with Gasteiger partial charge >= 0.3 is 0 Å². The fraction of sp³-hybridized carbons (Fsp3) is 0.385. The van der Waals surface area contributed by atoms with E-state index in [0.29, 0.717) is 6.54 Å². The van der Waals surface area contributed by atoms with E-state index in [4.69, 9.17) is 0 Å². The predicted molar refractivity (Wildman–Crippen MR) is 63.2 cm³/mol. The summed E-state index contributed by atoms with van der Waals surface area (Å²) in [5, 5.41) is 2.63. The number of halogens is 2. The van der Waals surface area contributed by atoms with Crippen molar-refractivity contribution in [2.24, 2.45) is 0 Å². The zero-order valence-corrected chi connectivity index (χ0v) is 10.1. The van der Waals surface area contributed by atoms with Gasteiger partial charge in [0.1, 0.15) is 0 Å². The number of nitrogens with one attached hydrogen (secondary N) is 1. The molecule has 98 valence electrons. The third kappa shape index (κ3) is 4.24. The van der Waals surface area contributed by atoms with E-state index < -0.39 is 11.6 Å². The number of Topliss-reactive ketones (excluding diaryl/α,β-unsaturated/α-hetero) is 1. The molecule has 0 aliphatic heterocycles. The van der Waals surface area contributed by atoms with Crippen LogP contribution < -0.4 is 5.32 Å². The minimum absolute atomic E-state index is 0.0133. The van der Waals surface area contributed by atoms with Crippen LogP contribution in [0.3, 0.4) is 0 Å². The van der Waals surface area contributed by atoms with Crippen LogP contribution in [-0.2, 0) is 4.79 Å². The van der Waals surface area contributed by atoms with Crippen LogP contribution in [0.1, 0.15) is 36.5 Å². The Hall–Kier alpha value is -1.78. The molecule has 1 aromatic rings. The van der Waals surface area contributed by atoms with Gasteiger partial charge in [-0.05, 0) is 24.6 Å². The van der Waals surface area contributed by atoms with Gasteiger partial charge in [-0.2, -0.15) is 0 Å². The fourth-order valence-electron chi connectivity index (χ4n) is 1.39. The number of ketones is 1. The molecule has 3 nitrogen and oxygen atoms in total. The Balaban J connectivity index is 2.50. The Kier molecular flexibility index (Phi) is 5.42. The van der Waals surface area contributed by atoms with Gasteiger partial charge < -0.3 is 5.32 Å². The lowest BCUT2D eigenvalue weighted by molar-refractivity contribution is -0.121. The van der Waals surface area contributed by atoms with E-state index in [1.807, 2.05) is 6.92 Å². The summed E-state index contributed by atoms with van der Waals surface area (Å²) in [4.78, 5) is 22.9. The lowest BCUT2D eigenvalue weighted by atomic mass is 10.1. The summed E-state index contributed by atoms with van der Waals surface area (Å²) < 4.78 is 25.6. The Morgan fingerprint density at radius 1 is 1.17 bits per heavy atom. The molecule has 1 rings (SSSR count). The second kappa shape index (κ2) is 6.83. The molecule has 0 unspecified atom stereocenters. The SMILES string of the molecule is CCCNC(=O)CCC(=O)c1ccc(F)c(F)c1. The summed E-state index contributed by atoms with van der Waals surface area (Å²) in [6, 6.07) is 2.96. The van der Waals surface area contributed by atoms with E-state index in [9.17, 15) is 18.4 Å². The fourth-order valence-corrected chi connectivity index (χ4v) is 1.39. The van der Waals surface area contributed by atoms with Crippen LogP contribution >= 0.6 is 0 Å². The van der Waals surface area contributed by atoms with Crippen molar-refractivity contribution in [1.29, 1.82) is 0 Å². The van der Waals surface area contributed by atoms with Crippen molar-refractivity contribution in [2.45, 2.75) is 26.2 Å². The molecular weight excluding hydrogens is 240 g/mol. The maximum Gasteiger partial charge on any atom is 0.220 e. The van der Waals surface area contributed by atoms with Crippen molar-refractivity contribution >= 4 is 11.7 Å². The molecule has 1 aromatic carbocycles. The summed E-state index contributed by atoms with van der Waals surface area (Å²) in [7, 11) is 0. The highest BCUT2D eigenvalue weighted by Gasteiger charge is 2.11. The standard InChI is InChI=1S/C13H15F2NO2/c1-2-7-16-13(18)6-5-12(17)9-3-4-10(14)11(15)8-9/h3-4,8H,2,5-7H2,1H3,(H,16,18). The van der Waals surface area contributed by atoms with Crippen LogP contribution in [0, 0.1) is 11.6 Å². The third-order valence-electron chi connectivity index (χ3n) is 2.39. The van der Waals surface area contributed by atoms with Crippen molar-refractivity contribution < 1.29 is 18.4 Å². The molecule has 0 aliphatic carbocycles. The monoisotopic (exact) mass is 255 g/mol. The van der Waals surface area contributed by atoms with Gasteiger partial charge in [0.2, 0.25) is 5.91 Å². The summed E-state index contributed by atoms with van der Waals surface area (Å²) in [5.41, 5.74) is 0.0807. The zero-order valence-electron chi connectivity index (χ0n) is 10.1. The largest absolute Gasteiger partial charge is 0.356 e. The molecule has 0 spiro atoms. The first-order chi connectivity index (χ1) is 8.54. The van der Waals surface area contributed by atoms with Gasteiger partial charge in [0.15, 0.2) is 17.4 Å². The number of hydrogen-bond acceptors (Lipinski definition) is 2. The molecule has 0 atom stereocenters. The van der Waals surface area contributed by atoms with Crippen molar-refractivity contribution in [3.8, 4) is 0 Å². The number of carbonyl (C=O) groups excluding carboxylic acids is 2. The lowest BCUT2D eigenvalue weighted by Gasteiger charge is -2.03. The van der Waals surface area contributed by atoms with Gasteiger partial charge in [0, 0.05) is 24.9 Å². The normalized spacial score (nSPS) is 10.2. The molecule has 0 saturated heterocycles. The van der Waals surface area contributed by atoms with Gasteiger partial charge in [-0.3, -0.25) is 9.59 Å². The second-order valence-electron chi connectivity index (χ2n) is 3.90. The Labute approximate surface area is 104 Å². The molecule has 18 heavy (non-hydrogen) atoms. The van der Waals surface area contributed by atoms with Crippen molar-refractivity contribution in [3.63, 3.8) is 0 Å². The molecule has 0 saturated carbocycles. The number of benzene rings is 1. The highest BCUT2D eigenvalue weighted by atomic mass is 19.2. The van der Waals surface area contributed by atoms with Crippen molar-refractivity contribution in [3.05, 3.63) is 35.4 Å². The molecule has 0 heterocycles. The molecule has 1 N–H and O–H groups in total. The van der Waals surface area contributed by atoms with Gasteiger partial charge in [0.05, 0.1) is 0 Å². The number of carbonyl (C=O) groups is 2. The van der Waals surface area contributed by atoms with E-state index in [-0.39, 0.29) is 30.1 Å². The molecule has 0 fully saturated rings. The van der Waals surface area contributed by atoms with E-state index in [2.05, 4.69) is 5.32 Å². The maximum absolute atomic E-state index is 12.9. The van der Waals surface area contributed by atoms with Crippen LogP contribution in [0.25, 0.3) is 0 Å². The van der Waals surface area contributed by atoms with Crippen molar-refractivity contribution in [2.75, 3.05) is 6.54 Å². The van der Waals surface area contributed by atoms with Gasteiger partial charge in [-0.1, -0.05) is 6.92 Å². The van der Waals surface area contributed by atoms with E-state index in [1.54, 1.807) is 0 Å². The molecule has 0 radical (unpaired) electrons. The summed E-state index contributed by atoms with van der Waals surface area (Å²) in [6.07, 6.45) is 0.862. The first-order valence-electron chi connectivity index (χ1n) is 5.79. The lowest BCUT2D eigenvalue weighted by Crippen LogP contribution is -2.24. The first kappa shape index (κ1) is 14.3. The molecule has 5 heteroatoms. The minimum atomic E-state index is -1.06. The zero-order chi connectivity index (χ0) is 13.5. The quantitative estimate of drug-likeness (QED) is 0.794. The number of rotatable bonds is 6. The highest BCUT2D eigenvalue weighted by molar-refractivity contribution is 5.97. The number of amides is 1. The van der Waals surface area contributed by atoms with E-state index in [1.165, 1.54) is 6.07 Å². The Morgan fingerprint density at radius 3 is 2.50 bits per heavy atom. The summed E-state index contributed by atoms with van der Waals surface area (Å²) in [6.45, 7) is 2.49. The van der Waals surface area contributed by atoms with Crippen LogP contribution in [0.2, 0.25) is 0 Å². The summed E-state index contributed by atoms with van der Waals surface area (Å²) in [5.74, 6) is -2.64. The first-order valence-corrected chi connectivity index (χ1v) is 5.79. The van der Waals surface area contributed by atoms with E-state index >= 15 is 0 Å². The van der Waals surface area contributed by atoms with Crippen LogP contribution in [-0.4, -0.2) is 18.2 Å². The van der Waals surface area contributed by atoms with Crippen LogP contribution in [0.5, 0.6) is 0 Å². The average Bonchev–Trinajstić information content (AvgIpc) is 2.36. The molecule has 0 bridgehead atoms. The topological polar surface area (TPSA) is 46.2 Å². The van der Waals surface area contributed by atoms with Crippen LogP contribution in [0.4, 0.5) is 8.78 Å². The second-order valence-corrected chi connectivity index (χ2v) is 3.90. The van der Waals surface area contributed by atoms with E-state index in [0.717, 1.165) is 18.6 Å².